The molecule has 0 aromatic carbocycles. The first-order valence-electron chi connectivity index (χ1n) is 27.3. The normalized spacial score (nSPS) is 17.7. The molecule has 4 atom stereocenters. The van der Waals surface area contributed by atoms with Crippen molar-refractivity contribution in [3.8, 4) is 11.8 Å². The first-order chi connectivity index (χ1) is 29.2. The van der Waals surface area contributed by atoms with E-state index in [-0.39, 0.29) is 0 Å². The summed E-state index contributed by atoms with van der Waals surface area (Å²) in [4.78, 5) is 0. The van der Waals surface area contributed by atoms with Crippen LogP contribution in [0.15, 0.2) is 42.2 Å². The van der Waals surface area contributed by atoms with E-state index in [9.17, 15) is 0 Å². The van der Waals surface area contributed by atoms with E-state index in [0.29, 0.717) is 0 Å². The van der Waals surface area contributed by atoms with Gasteiger partial charge < -0.3 is 0 Å². The van der Waals surface area contributed by atoms with Crippen LogP contribution in [0.25, 0.3) is 0 Å². The van der Waals surface area contributed by atoms with E-state index in [0.717, 1.165) is 120 Å². The lowest BCUT2D eigenvalue weighted by Crippen LogP contribution is -1.94. The summed E-state index contributed by atoms with van der Waals surface area (Å²) in [7, 11) is 0. The van der Waals surface area contributed by atoms with E-state index in [4.69, 9.17) is 0 Å². The third-order valence-electron chi connectivity index (χ3n) is 10.6. The molecular formula is C63H122. The van der Waals surface area contributed by atoms with E-state index >= 15 is 0 Å². The predicted octanol–water partition coefficient (Wildman–Crippen LogP) is 21.6. The fourth-order valence-corrected chi connectivity index (χ4v) is 6.91. The van der Waals surface area contributed by atoms with Crippen molar-refractivity contribution in [3.63, 3.8) is 0 Å². The molecule has 0 aromatic heterocycles. The zero-order valence-corrected chi connectivity index (χ0v) is 48.1. The molecule has 2 aliphatic carbocycles. The van der Waals surface area contributed by atoms with Gasteiger partial charge in [0.2, 0.25) is 0 Å². The number of hydrogen-bond acceptors (Lipinski definition) is 0. The summed E-state index contributed by atoms with van der Waals surface area (Å²) in [5.41, 5.74) is 3.20. The Kier molecular flexibility index (Phi) is 48.0. The van der Waals surface area contributed by atoms with Crippen molar-refractivity contribution in [2.75, 3.05) is 0 Å². The Labute approximate surface area is 403 Å². The van der Waals surface area contributed by atoms with Gasteiger partial charge in [-0.3, -0.25) is 0 Å². The van der Waals surface area contributed by atoms with Gasteiger partial charge in [0.05, 0.1) is 0 Å². The molecule has 0 radical (unpaired) electrons. The zero-order valence-electron chi connectivity index (χ0n) is 48.1. The maximum absolute atomic E-state index is 3.20. The highest BCUT2D eigenvalue weighted by atomic mass is 14.4. The third-order valence-corrected chi connectivity index (χ3v) is 10.6. The Hall–Kier alpha value is -1.44. The minimum absolute atomic E-state index is 0.722. The smallest absolute Gasteiger partial charge is 0.0112 e. The fraction of sp³-hybridized carbons (Fsp3) is 0.857. The monoisotopic (exact) mass is 879 g/mol. The maximum atomic E-state index is 3.20. The molecule has 0 N–H and O–H groups in total. The largest absolute Gasteiger partial charge is 0.130 e. The second kappa shape index (κ2) is 44.4. The minimum atomic E-state index is 0.722. The lowest BCUT2D eigenvalue weighted by atomic mass is 10.0. The number of hydrogen-bond donors (Lipinski definition) is 0. The molecule has 0 nitrogen and oxygen atoms in total. The average molecular weight is 880 g/mol. The van der Waals surface area contributed by atoms with Crippen molar-refractivity contribution >= 4 is 0 Å². The van der Waals surface area contributed by atoms with Gasteiger partial charge in [0, 0.05) is 12.8 Å². The first kappa shape index (κ1) is 68.1. The van der Waals surface area contributed by atoms with Crippen molar-refractivity contribution in [3.05, 3.63) is 42.2 Å². The van der Waals surface area contributed by atoms with Crippen molar-refractivity contribution in [2.24, 2.45) is 94.7 Å². The molecule has 0 aromatic rings. The molecule has 2 rings (SSSR count). The lowest BCUT2D eigenvalue weighted by molar-refractivity contribution is 0.464. The van der Waals surface area contributed by atoms with Gasteiger partial charge in [-0.1, -0.05) is 190 Å². The minimum Gasteiger partial charge on any atom is -0.130 e. The van der Waals surface area contributed by atoms with Gasteiger partial charge in [-0.05, 0) is 184 Å². The van der Waals surface area contributed by atoms with Crippen LogP contribution in [0.5, 0.6) is 0 Å². The Morgan fingerprint density at radius 3 is 0.651 bits per heavy atom. The van der Waals surface area contributed by atoms with E-state index in [1.54, 1.807) is 0 Å². The van der Waals surface area contributed by atoms with Gasteiger partial charge in [0.25, 0.3) is 0 Å². The molecule has 0 heterocycles. The summed E-state index contributed by atoms with van der Waals surface area (Å²) >= 11 is 0. The van der Waals surface area contributed by atoms with Gasteiger partial charge in [0.1, 0.15) is 0 Å². The summed E-state index contributed by atoms with van der Waals surface area (Å²) in [6, 6.07) is 0. The quantitative estimate of drug-likeness (QED) is 0.0577. The van der Waals surface area contributed by atoms with Crippen LogP contribution >= 0.6 is 0 Å². The molecular weight excluding hydrogens is 757 g/mol. The lowest BCUT2D eigenvalue weighted by Gasteiger charge is -2.05. The molecule has 0 aliphatic heterocycles. The molecule has 0 heteroatoms. The first-order valence-corrected chi connectivity index (χ1v) is 27.3. The maximum Gasteiger partial charge on any atom is 0.0112 e. The molecule has 0 saturated heterocycles. The fourth-order valence-electron chi connectivity index (χ4n) is 6.91. The second-order valence-corrected chi connectivity index (χ2v) is 24.9. The molecule has 63 heavy (non-hydrogen) atoms. The highest BCUT2D eigenvalue weighted by Crippen LogP contribution is 2.47. The average Bonchev–Trinajstić information content (AvgIpc) is 4.04. The van der Waals surface area contributed by atoms with Crippen molar-refractivity contribution < 1.29 is 0 Å². The van der Waals surface area contributed by atoms with Gasteiger partial charge in [-0.25, -0.2) is 0 Å². The van der Waals surface area contributed by atoms with E-state index < -0.39 is 0 Å². The van der Waals surface area contributed by atoms with Crippen LogP contribution in [0.1, 0.15) is 256 Å². The molecule has 0 spiro atoms. The number of allylic oxidation sites excluding steroid dienone is 5. The Balaban J connectivity index is -0.000000332. The zero-order chi connectivity index (χ0) is 49.5. The summed E-state index contributed by atoms with van der Waals surface area (Å²) in [5.74, 6) is 20.6. The molecule has 374 valence electrons. The van der Waals surface area contributed by atoms with Crippen LogP contribution in [0, 0.1) is 107 Å². The SMILES string of the molecule is CC(C)C/C=C/CC(C)C.CC(C)C/C=C\CC(C)C.CC(C)CC#CCC(C)C.CC(C)CC1CC1CC(C)C.CC(C)CC1CC1CC(C)C.CC(C)CC=C=CCC(C)C. The Bertz CT molecular complexity index is 990. The standard InChI is InChI=1S/2C11H22.C11H20.2C10H20.C10H18/c2*1-8(2)5-10-7-11(10)6-9(3)4;1-10(2)8-6-5-7-9-11(3)4;3*1-9(2)7-5-6-8-10(3)4/h2*8-11H,5-7H2,1-4H3;6-7,10-11H,8-9H2,1-4H3;2*5-6,9-10H,7-8H2,1-4H3;9-10H,7-8H2,1-4H3/b;;;6-5+;6-5-;. The number of rotatable bonds is 22. The summed E-state index contributed by atoms with van der Waals surface area (Å²) < 4.78 is 0. The molecule has 0 amide bonds. The van der Waals surface area contributed by atoms with Crippen LogP contribution in [-0.4, -0.2) is 0 Å². The molecule has 4 unspecified atom stereocenters. The molecule has 2 fully saturated rings. The van der Waals surface area contributed by atoms with Gasteiger partial charge in [0.15, 0.2) is 0 Å². The van der Waals surface area contributed by atoms with Crippen molar-refractivity contribution in [1.29, 1.82) is 0 Å². The highest BCUT2D eigenvalue weighted by Gasteiger charge is 2.37. The molecule has 0 bridgehead atoms. The summed E-state index contributed by atoms with van der Waals surface area (Å²) in [5, 5.41) is 0. The van der Waals surface area contributed by atoms with Gasteiger partial charge in [-0.2, -0.15) is 0 Å². The topological polar surface area (TPSA) is 0 Å². The van der Waals surface area contributed by atoms with Crippen molar-refractivity contribution in [2.45, 2.75) is 256 Å². The van der Waals surface area contributed by atoms with Crippen LogP contribution < -0.4 is 0 Å². The highest BCUT2D eigenvalue weighted by molar-refractivity contribution is 4.99. The molecule has 2 aliphatic rings. The third kappa shape index (κ3) is 67.3. The van der Waals surface area contributed by atoms with E-state index in [1.807, 2.05) is 0 Å². The van der Waals surface area contributed by atoms with Crippen LogP contribution in [0.2, 0.25) is 0 Å². The van der Waals surface area contributed by atoms with Gasteiger partial charge >= 0.3 is 0 Å². The molecule has 2 saturated carbocycles. The summed E-state index contributed by atoms with van der Waals surface area (Å²) in [6.07, 6.45) is 31.7. The van der Waals surface area contributed by atoms with Crippen molar-refractivity contribution in [1.82, 2.24) is 0 Å². The van der Waals surface area contributed by atoms with Crippen LogP contribution in [0.4, 0.5) is 0 Å². The summed E-state index contributed by atoms with van der Waals surface area (Å²) in [6.45, 7) is 54.4. The predicted molar refractivity (Wildman–Crippen MR) is 295 cm³/mol. The van der Waals surface area contributed by atoms with Crippen LogP contribution in [0.3, 0.4) is 0 Å². The Morgan fingerprint density at radius 1 is 0.286 bits per heavy atom. The van der Waals surface area contributed by atoms with Gasteiger partial charge in [-0.15, -0.1) is 17.6 Å². The van der Waals surface area contributed by atoms with Crippen LogP contribution in [-0.2, 0) is 0 Å². The van der Waals surface area contributed by atoms with E-state index in [2.05, 4.69) is 220 Å². The van der Waals surface area contributed by atoms with E-state index in [1.165, 1.54) is 64.2 Å². The Morgan fingerprint density at radius 2 is 0.492 bits per heavy atom. The second-order valence-electron chi connectivity index (χ2n) is 24.9.